The molecule has 1 atom stereocenters. The maximum atomic E-state index is 13.7. The molecule has 1 aliphatic heterocycles. The Morgan fingerprint density at radius 2 is 1.88 bits per heavy atom. The van der Waals surface area contributed by atoms with Gasteiger partial charge in [-0.1, -0.05) is 37.1 Å². The highest BCUT2D eigenvalue weighted by Gasteiger charge is 2.39. The van der Waals surface area contributed by atoms with Gasteiger partial charge in [-0.15, -0.1) is 0 Å². The van der Waals surface area contributed by atoms with Crippen LogP contribution in [0.3, 0.4) is 0 Å². The summed E-state index contributed by atoms with van der Waals surface area (Å²) in [5.74, 6) is 0.436. The molecule has 3 heteroatoms. The molecular formula is C22H25FN2. The van der Waals surface area contributed by atoms with E-state index in [1.807, 2.05) is 19.3 Å². The largest absolute Gasteiger partial charge is 0.352 e. The molecule has 1 saturated carbocycles. The number of para-hydroxylation sites is 1. The lowest BCUT2D eigenvalue weighted by Crippen LogP contribution is -2.44. The molecule has 2 nitrogen and oxygen atoms in total. The summed E-state index contributed by atoms with van der Waals surface area (Å²) in [6.45, 7) is 4.21. The number of benzene rings is 2. The van der Waals surface area contributed by atoms with Crippen molar-refractivity contribution in [3.8, 4) is 0 Å². The monoisotopic (exact) mass is 336 g/mol. The molecule has 4 rings (SSSR count). The van der Waals surface area contributed by atoms with Gasteiger partial charge in [-0.3, -0.25) is 0 Å². The van der Waals surface area contributed by atoms with Gasteiger partial charge in [0.25, 0.3) is 0 Å². The SMILES string of the molecule is Cc1cc(F)ccc1C1(C)c2cccc(C3CCCC3)c2N=CN1C. The Balaban J connectivity index is 1.91. The van der Waals surface area contributed by atoms with Crippen LogP contribution in [0.5, 0.6) is 0 Å². The predicted octanol–water partition coefficient (Wildman–Crippen LogP) is 5.66. The van der Waals surface area contributed by atoms with Gasteiger partial charge in [0, 0.05) is 12.6 Å². The molecule has 0 aromatic heterocycles. The zero-order valence-corrected chi connectivity index (χ0v) is 15.2. The van der Waals surface area contributed by atoms with Crippen LogP contribution in [0.1, 0.15) is 60.8 Å². The van der Waals surface area contributed by atoms with E-state index in [0.29, 0.717) is 5.92 Å². The van der Waals surface area contributed by atoms with E-state index in [-0.39, 0.29) is 11.4 Å². The second-order valence-corrected chi connectivity index (χ2v) is 7.61. The Labute approximate surface area is 149 Å². The fraction of sp³-hybridized carbons (Fsp3) is 0.409. The summed E-state index contributed by atoms with van der Waals surface area (Å²) in [5.41, 5.74) is 5.48. The lowest BCUT2D eigenvalue weighted by atomic mass is 9.77. The van der Waals surface area contributed by atoms with E-state index in [1.165, 1.54) is 36.8 Å². The standard InChI is InChI=1S/C22H25FN2/c1-15-13-17(23)11-12-19(15)22(2)20-10-6-9-18(16-7-4-5-8-16)21(20)24-14-25(22)3/h6,9-14,16H,4-5,7-8H2,1-3H3. The van der Waals surface area contributed by atoms with Crippen molar-refractivity contribution in [3.05, 3.63) is 64.5 Å². The Morgan fingerprint density at radius 3 is 2.60 bits per heavy atom. The van der Waals surface area contributed by atoms with Gasteiger partial charge >= 0.3 is 0 Å². The summed E-state index contributed by atoms with van der Waals surface area (Å²) in [4.78, 5) is 6.96. The van der Waals surface area contributed by atoms with Crippen LogP contribution in [-0.2, 0) is 5.54 Å². The van der Waals surface area contributed by atoms with E-state index in [4.69, 9.17) is 4.99 Å². The van der Waals surface area contributed by atoms with E-state index >= 15 is 0 Å². The van der Waals surface area contributed by atoms with E-state index in [0.717, 1.165) is 16.8 Å². The number of halogens is 1. The first-order chi connectivity index (χ1) is 12.0. The first kappa shape index (κ1) is 16.3. The van der Waals surface area contributed by atoms with E-state index in [1.54, 1.807) is 12.1 Å². The van der Waals surface area contributed by atoms with Crippen molar-refractivity contribution < 1.29 is 4.39 Å². The van der Waals surface area contributed by atoms with Crippen molar-refractivity contribution in [2.75, 3.05) is 7.05 Å². The number of rotatable bonds is 2. The number of aliphatic imine (C=N–C) groups is 1. The summed E-state index contributed by atoms with van der Waals surface area (Å²) < 4.78 is 13.7. The average Bonchev–Trinajstić information content (AvgIpc) is 3.12. The number of fused-ring (bicyclic) bond motifs is 1. The van der Waals surface area contributed by atoms with Crippen molar-refractivity contribution in [3.63, 3.8) is 0 Å². The van der Waals surface area contributed by atoms with Crippen LogP contribution < -0.4 is 0 Å². The van der Waals surface area contributed by atoms with Crippen LogP contribution in [0.25, 0.3) is 0 Å². The van der Waals surface area contributed by atoms with Crippen LogP contribution in [-0.4, -0.2) is 18.3 Å². The van der Waals surface area contributed by atoms with E-state index < -0.39 is 0 Å². The minimum absolute atomic E-state index is 0.183. The summed E-state index contributed by atoms with van der Waals surface area (Å²) >= 11 is 0. The molecule has 130 valence electrons. The first-order valence-corrected chi connectivity index (χ1v) is 9.19. The van der Waals surface area contributed by atoms with Crippen molar-refractivity contribution in [1.29, 1.82) is 0 Å². The zero-order chi connectivity index (χ0) is 17.6. The minimum Gasteiger partial charge on any atom is -0.352 e. The average molecular weight is 336 g/mol. The molecule has 0 radical (unpaired) electrons. The molecule has 0 amide bonds. The molecule has 1 heterocycles. The maximum Gasteiger partial charge on any atom is 0.123 e. The Morgan fingerprint density at radius 1 is 1.12 bits per heavy atom. The topological polar surface area (TPSA) is 15.6 Å². The predicted molar refractivity (Wildman–Crippen MR) is 101 cm³/mol. The van der Waals surface area contributed by atoms with Gasteiger partial charge in [-0.2, -0.15) is 0 Å². The zero-order valence-electron chi connectivity index (χ0n) is 15.2. The quantitative estimate of drug-likeness (QED) is 0.691. The normalized spacial score (nSPS) is 23.1. The molecule has 1 fully saturated rings. The third-order valence-corrected chi connectivity index (χ3v) is 6.17. The lowest BCUT2D eigenvalue weighted by Gasteiger charge is -2.43. The molecule has 1 aliphatic carbocycles. The fourth-order valence-electron chi connectivity index (χ4n) is 4.62. The number of hydrogen-bond donors (Lipinski definition) is 0. The highest BCUT2D eigenvalue weighted by molar-refractivity contribution is 5.74. The Bertz CT molecular complexity index is 836. The second-order valence-electron chi connectivity index (χ2n) is 7.61. The molecule has 2 aliphatic rings. The van der Waals surface area contributed by atoms with Gasteiger partial charge < -0.3 is 4.90 Å². The third-order valence-electron chi connectivity index (χ3n) is 6.17. The summed E-state index contributed by atoms with van der Waals surface area (Å²) in [6.07, 6.45) is 7.07. The number of nitrogens with zero attached hydrogens (tertiary/aromatic N) is 2. The molecule has 0 spiro atoms. The summed E-state index contributed by atoms with van der Waals surface area (Å²) in [6, 6.07) is 11.7. The molecule has 1 unspecified atom stereocenters. The van der Waals surface area contributed by atoms with Crippen molar-refractivity contribution in [2.24, 2.45) is 4.99 Å². The molecule has 0 bridgehead atoms. The van der Waals surface area contributed by atoms with Crippen LogP contribution in [0.2, 0.25) is 0 Å². The van der Waals surface area contributed by atoms with Gasteiger partial charge in [0.1, 0.15) is 5.82 Å². The van der Waals surface area contributed by atoms with Crippen LogP contribution in [0.15, 0.2) is 41.4 Å². The van der Waals surface area contributed by atoms with Gasteiger partial charge in [-0.05, 0) is 61.4 Å². The smallest absolute Gasteiger partial charge is 0.123 e. The van der Waals surface area contributed by atoms with Crippen molar-refractivity contribution in [2.45, 2.75) is 51.0 Å². The fourth-order valence-corrected chi connectivity index (χ4v) is 4.62. The maximum absolute atomic E-state index is 13.7. The molecule has 2 aromatic carbocycles. The molecular weight excluding hydrogens is 311 g/mol. The molecule has 25 heavy (non-hydrogen) atoms. The van der Waals surface area contributed by atoms with Crippen LogP contribution >= 0.6 is 0 Å². The molecule has 0 saturated heterocycles. The molecule has 2 aromatic rings. The Kier molecular flexibility index (Phi) is 3.90. The summed E-state index contributed by atoms with van der Waals surface area (Å²) in [7, 11) is 2.05. The Hall–Kier alpha value is -2.16. The van der Waals surface area contributed by atoms with Gasteiger partial charge in [0.15, 0.2) is 0 Å². The van der Waals surface area contributed by atoms with Gasteiger partial charge in [0.05, 0.1) is 17.6 Å². The third kappa shape index (κ3) is 2.48. The molecule has 0 N–H and O–H groups in total. The van der Waals surface area contributed by atoms with Crippen molar-refractivity contribution in [1.82, 2.24) is 4.90 Å². The minimum atomic E-state index is -0.344. The van der Waals surface area contributed by atoms with Crippen LogP contribution in [0, 0.1) is 12.7 Å². The van der Waals surface area contributed by atoms with Gasteiger partial charge in [0.2, 0.25) is 0 Å². The van der Waals surface area contributed by atoms with Crippen molar-refractivity contribution >= 4 is 12.0 Å². The number of aryl methyl sites for hydroxylation is 1. The highest BCUT2D eigenvalue weighted by Crippen LogP contribution is 2.48. The number of hydrogen-bond acceptors (Lipinski definition) is 2. The highest BCUT2D eigenvalue weighted by atomic mass is 19.1. The van der Waals surface area contributed by atoms with E-state index in [2.05, 4.69) is 37.1 Å². The van der Waals surface area contributed by atoms with E-state index in [9.17, 15) is 4.39 Å². The van der Waals surface area contributed by atoms with Gasteiger partial charge in [-0.25, -0.2) is 9.38 Å². The second kappa shape index (κ2) is 5.98. The van der Waals surface area contributed by atoms with Crippen LogP contribution in [0.4, 0.5) is 10.1 Å². The lowest BCUT2D eigenvalue weighted by molar-refractivity contribution is 0.290. The first-order valence-electron chi connectivity index (χ1n) is 9.19. The summed E-state index contributed by atoms with van der Waals surface area (Å²) in [5, 5.41) is 0.